The molecular weight excluding hydrogens is 492 g/mol. The van der Waals surface area contributed by atoms with Gasteiger partial charge in [-0.1, -0.05) is 6.07 Å². The number of nitrogens with one attached hydrogen (secondary N) is 2. The highest BCUT2D eigenvalue weighted by atomic mass is 16.5. The van der Waals surface area contributed by atoms with E-state index >= 15 is 0 Å². The van der Waals surface area contributed by atoms with Crippen molar-refractivity contribution in [3.8, 4) is 40.0 Å². The number of aromatic amines is 2. The first-order chi connectivity index (χ1) is 18.9. The van der Waals surface area contributed by atoms with Crippen molar-refractivity contribution in [3.63, 3.8) is 0 Å². The van der Waals surface area contributed by atoms with Gasteiger partial charge in [0, 0.05) is 30.8 Å². The first-order valence-electron chi connectivity index (χ1n) is 13.2. The maximum Gasteiger partial charge on any atom is 0.142 e. The Hall–Kier alpha value is -4.08. The summed E-state index contributed by atoms with van der Waals surface area (Å²) in [5.41, 5.74) is 4.79. The molecule has 3 aromatic carbocycles. The van der Waals surface area contributed by atoms with Gasteiger partial charge < -0.3 is 34.3 Å². The molecule has 0 saturated carbocycles. The van der Waals surface area contributed by atoms with Gasteiger partial charge in [0.25, 0.3) is 0 Å². The minimum atomic E-state index is 0.122. The van der Waals surface area contributed by atoms with Crippen molar-refractivity contribution < 1.29 is 14.6 Å². The van der Waals surface area contributed by atoms with E-state index < -0.39 is 0 Å². The van der Waals surface area contributed by atoms with Crippen LogP contribution in [0.5, 0.6) is 17.2 Å². The molecule has 5 rings (SSSR count). The van der Waals surface area contributed by atoms with Crippen LogP contribution in [0.25, 0.3) is 44.8 Å². The molecule has 204 valence electrons. The predicted octanol–water partition coefficient (Wildman–Crippen LogP) is 5.14. The minimum Gasteiger partial charge on any atom is -0.507 e. The summed E-state index contributed by atoms with van der Waals surface area (Å²) in [4.78, 5) is 20.3. The summed E-state index contributed by atoms with van der Waals surface area (Å²) >= 11 is 0. The van der Waals surface area contributed by atoms with E-state index in [-0.39, 0.29) is 5.75 Å². The van der Waals surface area contributed by atoms with E-state index in [1.807, 2.05) is 48.5 Å². The number of hydrogen-bond acceptors (Lipinski definition) is 7. The number of ether oxygens (including phenoxy) is 2. The van der Waals surface area contributed by atoms with Crippen LogP contribution in [-0.4, -0.2) is 89.3 Å². The van der Waals surface area contributed by atoms with Gasteiger partial charge in [-0.3, -0.25) is 0 Å². The lowest BCUT2D eigenvalue weighted by atomic mass is 10.1. The number of phenolic OH excluding ortho intramolecular Hbond substituents is 1. The Labute approximate surface area is 228 Å². The van der Waals surface area contributed by atoms with Gasteiger partial charge in [0.05, 0.1) is 40.8 Å². The molecule has 9 nitrogen and oxygen atoms in total. The Morgan fingerprint density at radius 3 is 1.77 bits per heavy atom. The van der Waals surface area contributed by atoms with Crippen LogP contribution >= 0.6 is 0 Å². The van der Waals surface area contributed by atoms with E-state index in [1.165, 1.54) is 0 Å². The number of phenols is 1. The summed E-state index contributed by atoms with van der Waals surface area (Å²) in [6, 6.07) is 17.1. The van der Waals surface area contributed by atoms with Crippen LogP contribution in [0.2, 0.25) is 0 Å². The lowest BCUT2D eigenvalue weighted by Crippen LogP contribution is -2.15. The lowest BCUT2D eigenvalue weighted by Gasteiger charge is -2.10. The van der Waals surface area contributed by atoms with Crippen LogP contribution in [0, 0.1) is 0 Å². The van der Waals surface area contributed by atoms with Crippen LogP contribution < -0.4 is 9.47 Å². The predicted molar refractivity (Wildman–Crippen MR) is 156 cm³/mol. The molecule has 2 aromatic heterocycles. The summed E-state index contributed by atoms with van der Waals surface area (Å²) in [5.74, 6) is 3.00. The Morgan fingerprint density at radius 2 is 1.23 bits per heavy atom. The zero-order chi connectivity index (χ0) is 27.4. The van der Waals surface area contributed by atoms with Crippen molar-refractivity contribution in [2.24, 2.45) is 0 Å². The number of imidazole rings is 2. The SMILES string of the molecule is CN(C)CCCOc1ccc2nc(-c3ccc(-c4nc5ccc(OCCCN(C)C)cc5[nH]4)c(O)c3)[nH]c2c1. The molecule has 0 radical (unpaired) electrons. The fourth-order valence-corrected chi connectivity index (χ4v) is 4.44. The highest BCUT2D eigenvalue weighted by molar-refractivity contribution is 5.84. The summed E-state index contributed by atoms with van der Waals surface area (Å²) in [7, 11) is 8.22. The molecule has 0 bridgehead atoms. The second-order valence-corrected chi connectivity index (χ2v) is 10.3. The van der Waals surface area contributed by atoms with Crippen molar-refractivity contribution in [2.75, 3.05) is 54.5 Å². The van der Waals surface area contributed by atoms with Crippen molar-refractivity contribution in [2.45, 2.75) is 12.8 Å². The molecule has 0 atom stereocenters. The standard InChI is InChI=1S/C30H36N6O3/c1-35(2)13-5-15-38-21-8-11-24-26(18-21)33-29(31-24)20-7-10-23(28(37)17-20)30-32-25-12-9-22(19-27(25)34-30)39-16-6-14-36(3)4/h7-12,17-19,37H,5-6,13-16H2,1-4H3,(H,31,33)(H,32,34). The Balaban J connectivity index is 1.30. The molecule has 0 saturated heterocycles. The van der Waals surface area contributed by atoms with Gasteiger partial charge in [0.1, 0.15) is 28.9 Å². The summed E-state index contributed by atoms with van der Waals surface area (Å²) < 4.78 is 11.8. The fourth-order valence-electron chi connectivity index (χ4n) is 4.44. The number of H-pyrrole nitrogens is 2. The van der Waals surface area contributed by atoms with Gasteiger partial charge in [-0.15, -0.1) is 0 Å². The first kappa shape index (κ1) is 26.5. The molecule has 0 amide bonds. The minimum absolute atomic E-state index is 0.122. The van der Waals surface area contributed by atoms with E-state index in [9.17, 15) is 5.11 Å². The Kier molecular flexibility index (Phi) is 7.99. The first-order valence-corrected chi connectivity index (χ1v) is 13.2. The smallest absolute Gasteiger partial charge is 0.142 e. The molecule has 0 fully saturated rings. The highest BCUT2D eigenvalue weighted by Crippen LogP contribution is 2.33. The lowest BCUT2D eigenvalue weighted by molar-refractivity contribution is 0.282. The normalized spacial score (nSPS) is 11.7. The van der Waals surface area contributed by atoms with Gasteiger partial charge in [-0.2, -0.15) is 0 Å². The number of hydrogen-bond donors (Lipinski definition) is 3. The third-order valence-corrected chi connectivity index (χ3v) is 6.47. The van der Waals surface area contributed by atoms with Gasteiger partial charge in [-0.05, 0) is 77.4 Å². The average molecular weight is 529 g/mol. The molecule has 0 unspecified atom stereocenters. The summed E-state index contributed by atoms with van der Waals surface area (Å²) in [6.45, 7) is 3.27. The maximum atomic E-state index is 10.9. The summed E-state index contributed by atoms with van der Waals surface area (Å²) in [5, 5.41) is 10.9. The van der Waals surface area contributed by atoms with Crippen molar-refractivity contribution in [1.82, 2.24) is 29.7 Å². The van der Waals surface area contributed by atoms with Crippen LogP contribution in [0.3, 0.4) is 0 Å². The van der Waals surface area contributed by atoms with Crippen LogP contribution in [-0.2, 0) is 0 Å². The van der Waals surface area contributed by atoms with E-state index in [2.05, 4.69) is 52.9 Å². The van der Waals surface area contributed by atoms with Crippen molar-refractivity contribution >= 4 is 22.1 Å². The molecule has 3 N–H and O–H groups in total. The van der Waals surface area contributed by atoms with E-state index in [0.29, 0.717) is 30.4 Å². The second kappa shape index (κ2) is 11.8. The molecular formula is C30H36N6O3. The largest absolute Gasteiger partial charge is 0.507 e. The van der Waals surface area contributed by atoms with Gasteiger partial charge >= 0.3 is 0 Å². The van der Waals surface area contributed by atoms with Gasteiger partial charge in [-0.25, -0.2) is 9.97 Å². The van der Waals surface area contributed by atoms with Gasteiger partial charge in [0.2, 0.25) is 0 Å². The Morgan fingerprint density at radius 1 is 0.692 bits per heavy atom. The number of rotatable bonds is 12. The molecule has 39 heavy (non-hydrogen) atoms. The third kappa shape index (κ3) is 6.50. The molecule has 0 aliphatic carbocycles. The Bertz CT molecular complexity index is 1560. The van der Waals surface area contributed by atoms with Crippen molar-refractivity contribution in [3.05, 3.63) is 54.6 Å². The molecule has 5 aromatic rings. The average Bonchev–Trinajstić information content (AvgIpc) is 3.52. The number of nitrogens with zero attached hydrogens (tertiary/aromatic N) is 4. The second-order valence-electron chi connectivity index (χ2n) is 10.3. The maximum absolute atomic E-state index is 10.9. The van der Waals surface area contributed by atoms with Gasteiger partial charge in [0.15, 0.2) is 0 Å². The number of aromatic nitrogens is 4. The molecule has 2 heterocycles. The molecule has 0 aliphatic rings. The molecule has 0 spiro atoms. The van der Waals surface area contributed by atoms with Crippen LogP contribution in [0.4, 0.5) is 0 Å². The topological polar surface area (TPSA) is 103 Å². The summed E-state index contributed by atoms with van der Waals surface area (Å²) in [6.07, 6.45) is 1.92. The monoisotopic (exact) mass is 528 g/mol. The number of benzene rings is 3. The fraction of sp³-hybridized carbons (Fsp3) is 0.333. The number of fused-ring (bicyclic) bond motifs is 2. The molecule has 9 heteroatoms. The van der Waals surface area contributed by atoms with E-state index in [0.717, 1.165) is 65.1 Å². The van der Waals surface area contributed by atoms with E-state index in [1.54, 1.807) is 6.07 Å². The van der Waals surface area contributed by atoms with E-state index in [4.69, 9.17) is 14.5 Å². The van der Waals surface area contributed by atoms with Crippen LogP contribution in [0.1, 0.15) is 12.8 Å². The number of aromatic hydroxyl groups is 1. The third-order valence-electron chi connectivity index (χ3n) is 6.47. The quantitative estimate of drug-likeness (QED) is 0.193. The zero-order valence-electron chi connectivity index (χ0n) is 23.0. The molecule has 0 aliphatic heterocycles. The van der Waals surface area contributed by atoms with Crippen molar-refractivity contribution in [1.29, 1.82) is 0 Å². The zero-order valence-corrected chi connectivity index (χ0v) is 23.0. The van der Waals surface area contributed by atoms with Crippen LogP contribution in [0.15, 0.2) is 54.6 Å². The highest BCUT2D eigenvalue weighted by Gasteiger charge is 2.14.